The first kappa shape index (κ1) is 11.9. The van der Waals surface area contributed by atoms with E-state index < -0.39 is 0 Å². The zero-order valence-corrected chi connectivity index (χ0v) is 10.1. The lowest BCUT2D eigenvalue weighted by atomic mass is 10.2. The van der Waals surface area contributed by atoms with Gasteiger partial charge in [0.2, 0.25) is 5.12 Å². The molecule has 0 bridgehead atoms. The van der Waals surface area contributed by atoms with Crippen LogP contribution in [0, 0.1) is 0 Å². The fourth-order valence-electron chi connectivity index (χ4n) is 1.14. The average molecular weight is 267 g/mol. The van der Waals surface area contributed by atoms with Gasteiger partial charge in [0.15, 0.2) is 5.16 Å². The van der Waals surface area contributed by atoms with E-state index in [0.717, 1.165) is 11.8 Å². The Kier molecular flexibility index (Phi) is 3.61. The summed E-state index contributed by atoms with van der Waals surface area (Å²) in [4.78, 5) is 29.2. The summed E-state index contributed by atoms with van der Waals surface area (Å²) in [5.74, 6) is 0. The second-order valence-corrected chi connectivity index (χ2v) is 4.53. The molecule has 1 aromatic heterocycles. The highest BCUT2D eigenvalue weighted by atomic mass is 35.5. The number of aromatic amines is 1. The molecule has 0 atom stereocenters. The number of hydrogen-bond donors (Lipinski definition) is 1. The monoisotopic (exact) mass is 266 g/mol. The molecule has 1 aromatic carbocycles. The molecule has 2 rings (SSSR count). The van der Waals surface area contributed by atoms with Gasteiger partial charge in [0.1, 0.15) is 0 Å². The van der Waals surface area contributed by atoms with E-state index in [1.165, 1.54) is 12.3 Å². The summed E-state index contributed by atoms with van der Waals surface area (Å²) in [6.45, 7) is 0. The van der Waals surface area contributed by atoms with Crippen molar-refractivity contribution in [1.29, 1.82) is 0 Å². The van der Waals surface area contributed by atoms with Crippen LogP contribution in [0.15, 0.2) is 46.5 Å². The lowest BCUT2D eigenvalue weighted by Gasteiger charge is -1.99. The molecule has 2 aromatic rings. The summed E-state index contributed by atoms with van der Waals surface area (Å²) in [5, 5.41) is 0.645. The number of H-pyrrole nitrogens is 1. The van der Waals surface area contributed by atoms with Crippen LogP contribution in [0.25, 0.3) is 0 Å². The summed E-state index contributed by atoms with van der Waals surface area (Å²) < 4.78 is 0. The van der Waals surface area contributed by atoms with Crippen molar-refractivity contribution < 1.29 is 4.79 Å². The van der Waals surface area contributed by atoms with Crippen molar-refractivity contribution in [2.75, 3.05) is 0 Å². The summed E-state index contributed by atoms with van der Waals surface area (Å²) in [6.07, 6.45) is 1.36. The zero-order chi connectivity index (χ0) is 12.3. The van der Waals surface area contributed by atoms with Gasteiger partial charge < -0.3 is 4.98 Å². The predicted molar refractivity (Wildman–Crippen MR) is 66.5 cm³/mol. The van der Waals surface area contributed by atoms with Gasteiger partial charge in [0, 0.05) is 22.8 Å². The van der Waals surface area contributed by atoms with Crippen molar-refractivity contribution in [1.82, 2.24) is 9.97 Å². The molecular weight excluding hydrogens is 260 g/mol. The van der Waals surface area contributed by atoms with Gasteiger partial charge in [-0.25, -0.2) is 4.98 Å². The van der Waals surface area contributed by atoms with Gasteiger partial charge in [0.05, 0.1) is 0 Å². The van der Waals surface area contributed by atoms with Crippen molar-refractivity contribution >= 4 is 28.5 Å². The van der Waals surface area contributed by atoms with Crippen molar-refractivity contribution in [2.45, 2.75) is 5.16 Å². The van der Waals surface area contributed by atoms with Gasteiger partial charge in [-0.05, 0) is 36.0 Å². The molecule has 0 aliphatic carbocycles. The van der Waals surface area contributed by atoms with Crippen LogP contribution >= 0.6 is 23.4 Å². The van der Waals surface area contributed by atoms with Crippen LogP contribution in [-0.4, -0.2) is 15.1 Å². The van der Waals surface area contributed by atoms with Gasteiger partial charge >= 0.3 is 0 Å². The zero-order valence-electron chi connectivity index (χ0n) is 8.51. The molecular formula is C11H7ClN2O2S. The van der Waals surface area contributed by atoms with Crippen LogP contribution in [0.4, 0.5) is 0 Å². The van der Waals surface area contributed by atoms with Crippen LogP contribution in [-0.2, 0) is 0 Å². The van der Waals surface area contributed by atoms with E-state index in [1.807, 2.05) is 0 Å². The van der Waals surface area contributed by atoms with Gasteiger partial charge in [-0.3, -0.25) is 9.59 Å². The van der Waals surface area contributed by atoms with E-state index >= 15 is 0 Å². The van der Waals surface area contributed by atoms with Crippen LogP contribution in [0.3, 0.4) is 0 Å². The molecule has 0 aliphatic rings. The van der Waals surface area contributed by atoms with Crippen LogP contribution in [0.5, 0.6) is 0 Å². The van der Waals surface area contributed by atoms with Crippen molar-refractivity contribution in [3.63, 3.8) is 0 Å². The van der Waals surface area contributed by atoms with Crippen molar-refractivity contribution in [3.8, 4) is 0 Å². The molecule has 1 N–H and O–H groups in total. The maximum Gasteiger partial charge on any atom is 0.251 e. The number of hydrogen-bond acceptors (Lipinski definition) is 4. The molecule has 0 spiro atoms. The molecule has 4 nitrogen and oxygen atoms in total. The average Bonchev–Trinajstić information content (AvgIpc) is 2.29. The number of thioether (sulfide) groups is 1. The Labute approximate surface area is 106 Å². The Balaban J connectivity index is 2.17. The van der Waals surface area contributed by atoms with E-state index in [-0.39, 0.29) is 15.8 Å². The van der Waals surface area contributed by atoms with E-state index in [9.17, 15) is 9.59 Å². The molecule has 1 heterocycles. The summed E-state index contributed by atoms with van der Waals surface area (Å²) in [5.41, 5.74) is 0.220. The topological polar surface area (TPSA) is 62.8 Å². The molecule has 0 amide bonds. The minimum atomic E-state index is -0.286. The van der Waals surface area contributed by atoms with Gasteiger partial charge in [-0.2, -0.15) is 0 Å². The smallest absolute Gasteiger partial charge is 0.251 e. The largest absolute Gasteiger partial charge is 0.301 e. The molecule has 0 fully saturated rings. The SMILES string of the molecule is O=C(Sc1nccc(=O)[nH]1)c1ccc(Cl)cc1. The second-order valence-electron chi connectivity index (χ2n) is 3.14. The maximum atomic E-state index is 11.8. The maximum absolute atomic E-state index is 11.8. The standard InChI is InChI=1S/C11H7ClN2O2S/c12-8-3-1-7(2-4-8)10(16)17-11-13-6-5-9(15)14-11/h1-6H,(H,13,14,15). The van der Waals surface area contributed by atoms with Crippen molar-refractivity contribution in [3.05, 3.63) is 57.5 Å². The first-order valence-corrected chi connectivity index (χ1v) is 5.88. The summed E-state index contributed by atoms with van der Waals surface area (Å²) in [7, 11) is 0. The minimum absolute atomic E-state index is 0.198. The number of halogens is 1. The molecule has 0 radical (unpaired) electrons. The Morgan fingerprint density at radius 1 is 1.24 bits per heavy atom. The third kappa shape index (κ3) is 3.18. The lowest BCUT2D eigenvalue weighted by Crippen LogP contribution is -2.06. The third-order valence-corrected chi connectivity index (χ3v) is 2.99. The third-order valence-electron chi connectivity index (χ3n) is 1.92. The molecule has 0 unspecified atom stereocenters. The Morgan fingerprint density at radius 3 is 2.59 bits per heavy atom. The Hall–Kier alpha value is -1.59. The number of carbonyl (C=O) groups excluding carboxylic acids is 1. The van der Waals surface area contributed by atoms with Crippen LogP contribution in [0.1, 0.15) is 10.4 Å². The predicted octanol–water partition coefficient (Wildman–Crippen LogP) is 2.36. The number of aromatic nitrogens is 2. The molecule has 0 aliphatic heterocycles. The number of nitrogens with zero attached hydrogens (tertiary/aromatic N) is 1. The minimum Gasteiger partial charge on any atom is -0.301 e. The highest BCUT2D eigenvalue weighted by molar-refractivity contribution is 8.14. The lowest BCUT2D eigenvalue weighted by molar-refractivity contribution is 0.108. The summed E-state index contributed by atoms with van der Waals surface area (Å²) >= 11 is 6.59. The molecule has 86 valence electrons. The van der Waals surface area contributed by atoms with Gasteiger partial charge in [0.25, 0.3) is 5.56 Å². The normalized spacial score (nSPS) is 10.2. The Morgan fingerprint density at radius 2 is 1.94 bits per heavy atom. The second kappa shape index (κ2) is 5.16. The fourth-order valence-corrected chi connectivity index (χ4v) is 1.96. The fraction of sp³-hybridized carbons (Fsp3) is 0. The first-order chi connectivity index (χ1) is 8.15. The van der Waals surface area contributed by atoms with Crippen LogP contribution in [0.2, 0.25) is 5.02 Å². The van der Waals surface area contributed by atoms with E-state index in [0.29, 0.717) is 10.6 Å². The summed E-state index contributed by atoms with van der Waals surface area (Å²) in [6, 6.07) is 7.81. The van der Waals surface area contributed by atoms with Crippen LogP contribution < -0.4 is 5.56 Å². The highest BCUT2D eigenvalue weighted by Gasteiger charge is 2.09. The number of nitrogens with one attached hydrogen (secondary N) is 1. The molecule has 17 heavy (non-hydrogen) atoms. The van der Waals surface area contributed by atoms with Gasteiger partial charge in [-0.1, -0.05) is 11.6 Å². The number of carbonyl (C=O) groups is 1. The molecule has 0 saturated heterocycles. The van der Waals surface area contributed by atoms with Crippen molar-refractivity contribution in [2.24, 2.45) is 0 Å². The number of rotatable bonds is 2. The Bertz CT molecular complexity index is 595. The quantitative estimate of drug-likeness (QED) is 0.669. The van der Waals surface area contributed by atoms with E-state index in [4.69, 9.17) is 11.6 Å². The number of benzene rings is 1. The van der Waals surface area contributed by atoms with E-state index in [1.54, 1.807) is 24.3 Å². The van der Waals surface area contributed by atoms with E-state index in [2.05, 4.69) is 9.97 Å². The van der Waals surface area contributed by atoms with Gasteiger partial charge in [-0.15, -0.1) is 0 Å². The molecule has 0 saturated carbocycles. The molecule has 6 heteroatoms. The first-order valence-electron chi connectivity index (χ1n) is 4.68. The highest BCUT2D eigenvalue weighted by Crippen LogP contribution is 2.19.